The summed E-state index contributed by atoms with van der Waals surface area (Å²) in [4.78, 5) is 14.8. The smallest absolute Gasteiger partial charge is 0.254 e. The van der Waals surface area contributed by atoms with E-state index in [1.165, 1.54) is 22.5 Å². The van der Waals surface area contributed by atoms with Gasteiger partial charge in [0.05, 0.1) is 4.90 Å². The number of piperazine rings is 1. The number of carbonyl (C=O) groups is 1. The Morgan fingerprint density at radius 3 is 2.23 bits per heavy atom. The molecule has 1 heterocycles. The lowest BCUT2D eigenvalue weighted by molar-refractivity contribution is 0.0697. The average Bonchev–Trinajstić information content (AvgIpc) is 2.80. The molecule has 1 fully saturated rings. The minimum atomic E-state index is -3.79. The van der Waals surface area contributed by atoms with Crippen LogP contribution in [-0.4, -0.2) is 49.7 Å². The lowest BCUT2D eigenvalue weighted by Gasteiger charge is -2.34. The number of sulfonamides is 1. The first-order chi connectivity index (χ1) is 14.9. The number of rotatable bonds is 5. The Bertz CT molecular complexity index is 1170. The minimum absolute atomic E-state index is 0.0690. The van der Waals surface area contributed by atoms with E-state index in [4.69, 9.17) is 0 Å². The van der Waals surface area contributed by atoms with Gasteiger partial charge in [-0.05, 0) is 41.8 Å². The third-order valence-electron chi connectivity index (χ3n) is 5.44. The molecule has 1 amide bonds. The number of hydrogen-bond donors (Lipinski definition) is 0. The standard InChI is InChI=1S/C24H23FN2O3S/c25-21-10-6-11-22(18-21)31(29,30)27-15-13-26(14-16-27)24(28)23-12-5-4-9-20(23)17-19-7-2-1-3-8-19/h1-12,18H,13-17H2. The van der Waals surface area contributed by atoms with E-state index in [9.17, 15) is 17.6 Å². The molecule has 31 heavy (non-hydrogen) atoms. The van der Waals surface area contributed by atoms with E-state index in [1.807, 2.05) is 54.6 Å². The van der Waals surface area contributed by atoms with Gasteiger partial charge in [0, 0.05) is 31.7 Å². The van der Waals surface area contributed by atoms with Gasteiger partial charge in [-0.3, -0.25) is 4.79 Å². The Morgan fingerprint density at radius 2 is 1.52 bits per heavy atom. The molecule has 0 radical (unpaired) electrons. The van der Waals surface area contributed by atoms with E-state index in [0.717, 1.165) is 17.2 Å². The van der Waals surface area contributed by atoms with Crippen LogP contribution in [-0.2, 0) is 16.4 Å². The van der Waals surface area contributed by atoms with Crippen molar-refractivity contribution in [1.82, 2.24) is 9.21 Å². The maximum atomic E-state index is 13.5. The number of amides is 1. The van der Waals surface area contributed by atoms with Gasteiger partial charge in [0.1, 0.15) is 5.82 Å². The molecule has 160 valence electrons. The van der Waals surface area contributed by atoms with Crippen molar-refractivity contribution >= 4 is 15.9 Å². The lowest BCUT2D eigenvalue weighted by Crippen LogP contribution is -2.50. The fourth-order valence-corrected chi connectivity index (χ4v) is 5.23. The number of halogens is 1. The average molecular weight is 439 g/mol. The fraction of sp³-hybridized carbons (Fsp3) is 0.208. The van der Waals surface area contributed by atoms with Crippen LogP contribution >= 0.6 is 0 Å². The molecule has 7 heteroatoms. The molecule has 3 aromatic rings. The second-order valence-corrected chi connectivity index (χ2v) is 9.41. The number of carbonyl (C=O) groups excluding carboxylic acids is 1. The van der Waals surface area contributed by atoms with Crippen LogP contribution in [0, 0.1) is 5.82 Å². The van der Waals surface area contributed by atoms with Crippen molar-refractivity contribution in [2.24, 2.45) is 0 Å². The van der Waals surface area contributed by atoms with Crippen molar-refractivity contribution in [2.75, 3.05) is 26.2 Å². The van der Waals surface area contributed by atoms with Crippen molar-refractivity contribution in [1.29, 1.82) is 0 Å². The normalized spacial score (nSPS) is 15.1. The van der Waals surface area contributed by atoms with E-state index >= 15 is 0 Å². The predicted octanol–water partition coefficient (Wildman–Crippen LogP) is 3.56. The zero-order valence-electron chi connectivity index (χ0n) is 16.9. The van der Waals surface area contributed by atoms with Gasteiger partial charge >= 0.3 is 0 Å². The van der Waals surface area contributed by atoms with Crippen LogP contribution < -0.4 is 0 Å². The fourth-order valence-electron chi connectivity index (χ4n) is 3.78. The highest BCUT2D eigenvalue weighted by Gasteiger charge is 2.31. The highest BCUT2D eigenvalue weighted by molar-refractivity contribution is 7.89. The highest BCUT2D eigenvalue weighted by Crippen LogP contribution is 2.21. The summed E-state index contributed by atoms with van der Waals surface area (Å²) >= 11 is 0. The Labute approximate surface area is 181 Å². The van der Waals surface area contributed by atoms with Crippen molar-refractivity contribution < 1.29 is 17.6 Å². The van der Waals surface area contributed by atoms with Gasteiger partial charge in [-0.1, -0.05) is 54.6 Å². The molecule has 5 nitrogen and oxygen atoms in total. The van der Waals surface area contributed by atoms with Crippen LogP contribution in [0.2, 0.25) is 0 Å². The van der Waals surface area contributed by atoms with Crippen molar-refractivity contribution in [3.8, 4) is 0 Å². The first kappa shape index (κ1) is 21.2. The molecule has 0 N–H and O–H groups in total. The Morgan fingerprint density at radius 1 is 0.839 bits per heavy atom. The summed E-state index contributed by atoms with van der Waals surface area (Å²) in [6.45, 7) is 0.914. The first-order valence-electron chi connectivity index (χ1n) is 10.1. The summed E-state index contributed by atoms with van der Waals surface area (Å²) in [5.74, 6) is -0.695. The Hall–Kier alpha value is -3.03. The van der Waals surface area contributed by atoms with Gasteiger partial charge in [0.15, 0.2) is 0 Å². The molecule has 0 aliphatic carbocycles. The predicted molar refractivity (Wildman–Crippen MR) is 117 cm³/mol. The quantitative estimate of drug-likeness (QED) is 0.612. The van der Waals surface area contributed by atoms with Gasteiger partial charge in [0.25, 0.3) is 5.91 Å². The molecule has 4 rings (SSSR count). The SMILES string of the molecule is O=C(c1ccccc1Cc1ccccc1)N1CCN(S(=O)(=O)c2cccc(F)c2)CC1. The van der Waals surface area contributed by atoms with Gasteiger partial charge in [-0.2, -0.15) is 4.31 Å². The van der Waals surface area contributed by atoms with Crippen molar-refractivity contribution in [3.63, 3.8) is 0 Å². The zero-order valence-corrected chi connectivity index (χ0v) is 17.8. The Kier molecular flexibility index (Phi) is 6.15. The van der Waals surface area contributed by atoms with Crippen LogP contribution in [0.5, 0.6) is 0 Å². The molecule has 1 aliphatic rings. The number of hydrogen-bond acceptors (Lipinski definition) is 3. The molecular formula is C24H23FN2O3S. The molecule has 0 unspecified atom stereocenters. The molecule has 0 saturated carbocycles. The summed E-state index contributed by atoms with van der Waals surface area (Å²) in [7, 11) is -3.79. The molecular weight excluding hydrogens is 415 g/mol. The van der Waals surface area contributed by atoms with Crippen LogP contribution in [0.1, 0.15) is 21.5 Å². The van der Waals surface area contributed by atoms with E-state index in [-0.39, 0.29) is 37.0 Å². The van der Waals surface area contributed by atoms with Gasteiger partial charge < -0.3 is 4.90 Å². The van der Waals surface area contributed by atoms with Gasteiger partial charge in [0.2, 0.25) is 10.0 Å². The summed E-state index contributed by atoms with van der Waals surface area (Å²) < 4.78 is 40.4. The van der Waals surface area contributed by atoms with Crippen molar-refractivity contribution in [3.05, 3.63) is 101 Å². The summed E-state index contributed by atoms with van der Waals surface area (Å²) in [5.41, 5.74) is 2.69. The highest BCUT2D eigenvalue weighted by atomic mass is 32.2. The van der Waals surface area contributed by atoms with E-state index in [2.05, 4.69) is 0 Å². The summed E-state index contributed by atoms with van der Waals surface area (Å²) in [5, 5.41) is 0. The minimum Gasteiger partial charge on any atom is -0.336 e. The van der Waals surface area contributed by atoms with E-state index < -0.39 is 15.8 Å². The number of benzene rings is 3. The first-order valence-corrected chi connectivity index (χ1v) is 11.6. The largest absolute Gasteiger partial charge is 0.336 e. The second-order valence-electron chi connectivity index (χ2n) is 7.47. The van der Waals surface area contributed by atoms with Gasteiger partial charge in [-0.25, -0.2) is 12.8 Å². The van der Waals surface area contributed by atoms with Crippen LogP contribution in [0.15, 0.2) is 83.8 Å². The number of nitrogens with zero attached hydrogens (tertiary/aromatic N) is 2. The lowest BCUT2D eigenvalue weighted by atomic mass is 9.99. The summed E-state index contributed by atoms with van der Waals surface area (Å²) in [6.07, 6.45) is 0.649. The summed E-state index contributed by atoms with van der Waals surface area (Å²) in [6, 6.07) is 22.5. The van der Waals surface area contributed by atoms with Gasteiger partial charge in [-0.15, -0.1) is 0 Å². The Balaban J connectivity index is 1.47. The van der Waals surface area contributed by atoms with Crippen molar-refractivity contribution in [2.45, 2.75) is 11.3 Å². The molecule has 3 aromatic carbocycles. The van der Waals surface area contributed by atoms with Crippen LogP contribution in [0.25, 0.3) is 0 Å². The molecule has 0 spiro atoms. The zero-order chi connectivity index (χ0) is 21.8. The third-order valence-corrected chi connectivity index (χ3v) is 7.34. The maximum Gasteiger partial charge on any atom is 0.254 e. The topological polar surface area (TPSA) is 57.7 Å². The van der Waals surface area contributed by atoms with Crippen LogP contribution in [0.4, 0.5) is 4.39 Å². The molecule has 1 saturated heterocycles. The molecule has 1 aliphatic heterocycles. The third kappa shape index (κ3) is 4.68. The van der Waals surface area contributed by atoms with E-state index in [0.29, 0.717) is 12.0 Å². The molecule has 0 bridgehead atoms. The monoisotopic (exact) mass is 438 g/mol. The maximum absolute atomic E-state index is 13.5. The van der Waals surface area contributed by atoms with E-state index in [1.54, 1.807) is 4.90 Å². The second kappa shape index (κ2) is 8.99. The molecule has 0 atom stereocenters. The molecule has 0 aromatic heterocycles. The van der Waals surface area contributed by atoms with Crippen LogP contribution in [0.3, 0.4) is 0 Å².